The van der Waals surface area contributed by atoms with Crippen LogP contribution in [-0.4, -0.2) is 13.4 Å². The number of nitrogens with zero attached hydrogens (tertiary/aromatic N) is 1. The first kappa shape index (κ1) is 14.4. The number of aryl methyl sites for hydroxylation is 2. The first-order valence-electron chi connectivity index (χ1n) is 7.29. The van der Waals surface area contributed by atoms with Gasteiger partial charge in [0, 0.05) is 0 Å². The van der Waals surface area contributed by atoms with Crippen LogP contribution in [0, 0.1) is 0 Å². The minimum Gasteiger partial charge on any atom is -0.255 e. The van der Waals surface area contributed by atoms with Gasteiger partial charge in [-0.2, -0.15) is 0 Å². The van der Waals surface area contributed by atoms with Gasteiger partial charge in [0.25, 0.3) is 10.0 Å². The van der Waals surface area contributed by atoms with Gasteiger partial charge in [0.2, 0.25) is 0 Å². The molecule has 3 aromatic rings. The van der Waals surface area contributed by atoms with Crippen molar-refractivity contribution in [2.24, 2.45) is 0 Å². The van der Waals surface area contributed by atoms with E-state index in [1.54, 1.807) is 30.3 Å². The number of sulfonamides is 1. The molecule has 0 fully saturated rings. The van der Waals surface area contributed by atoms with E-state index in [-0.39, 0.29) is 4.90 Å². The van der Waals surface area contributed by atoms with Crippen LogP contribution in [0.15, 0.2) is 59.5 Å². The van der Waals surface area contributed by atoms with Crippen molar-refractivity contribution in [3.05, 3.63) is 65.9 Å². The molecule has 0 spiro atoms. The van der Waals surface area contributed by atoms with E-state index in [1.807, 2.05) is 12.1 Å². The molecule has 0 saturated carbocycles. The van der Waals surface area contributed by atoms with Gasteiger partial charge in [-0.25, -0.2) is 13.4 Å². The third-order valence-electron chi connectivity index (χ3n) is 3.87. The van der Waals surface area contributed by atoms with Gasteiger partial charge in [-0.05, 0) is 36.1 Å². The summed E-state index contributed by atoms with van der Waals surface area (Å²) in [5.74, 6) is 0. The lowest BCUT2D eigenvalue weighted by Crippen LogP contribution is -2.12. The molecule has 0 saturated heterocycles. The van der Waals surface area contributed by atoms with E-state index < -0.39 is 10.0 Å². The predicted octanol–water partition coefficient (Wildman–Crippen LogP) is 3.71. The standard InChI is InChI=1S/C17H14N2O2S2/c20-23(21,13-7-2-1-3-8-13)19-17-18-15-11-10-12-6-4-5-9-14(12)16(15)22-17/h1-9H,10-11H2,(H,18,19). The Kier molecular flexibility index (Phi) is 3.43. The molecule has 1 N–H and O–H groups in total. The molecule has 1 heterocycles. The summed E-state index contributed by atoms with van der Waals surface area (Å²) in [7, 11) is -3.59. The van der Waals surface area contributed by atoms with Gasteiger partial charge in [-0.3, -0.25) is 4.72 Å². The summed E-state index contributed by atoms with van der Waals surface area (Å²) in [4.78, 5) is 5.80. The molecule has 0 unspecified atom stereocenters. The number of anilines is 1. The molecular formula is C17H14N2O2S2. The normalized spacial score (nSPS) is 13.2. The van der Waals surface area contributed by atoms with Gasteiger partial charge in [-0.1, -0.05) is 53.8 Å². The largest absolute Gasteiger partial charge is 0.263 e. The summed E-state index contributed by atoms with van der Waals surface area (Å²) in [6.45, 7) is 0. The number of nitrogens with one attached hydrogen (secondary N) is 1. The Morgan fingerprint density at radius 2 is 1.70 bits per heavy atom. The Morgan fingerprint density at radius 3 is 2.52 bits per heavy atom. The highest BCUT2D eigenvalue weighted by Gasteiger charge is 2.22. The van der Waals surface area contributed by atoms with E-state index in [2.05, 4.69) is 21.8 Å². The topological polar surface area (TPSA) is 59.1 Å². The summed E-state index contributed by atoms with van der Waals surface area (Å²) in [6, 6.07) is 16.6. The highest BCUT2D eigenvalue weighted by Crippen LogP contribution is 2.39. The molecule has 1 aromatic heterocycles. The van der Waals surface area contributed by atoms with Crippen molar-refractivity contribution in [1.29, 1.82) is 0 Å². The van der Waals surface area contributed by atoms with Crippen molar-refractivity contribution in [3.8, 4) is 10.4 Å². The first-order valence-corrected chi connectivity index (χ1v) is 9.59. The molecule has 0 atom stereocenters. The van der Waals surface area contributed by atoms with Gasteiger partial charge in [0.15, 0.2) is 5.13 Å². The minimum atomic E-state index is -3.59. The van der Waals surface area contributed by atoms with Gasteiger partial charge < -0.3 is 0 Å². The summed E-state index contributed by atoms with van der Waals surface area (Å²) in [6.07, 6.45) is 1.79. The number of rotatable bonds is 3. The third-order valence-corrected chi connectivity index (χ3v) is 6.40. The van der Waals surface area contributed by atoms with Crippen LogP contribution < -0.4 is 4.72 Å². The zero-order valence-electron chi connectivity index (χ0n) is 12.2. The van der Waals surface area contributed by atoms with Crippen molar-refractivity contribution >= 4 is 26.5 Å². The fourth-order valence-corrected chi connectivity index (χ4v) is 5.09. The Bertz CT molecular complexity index is 963. The van der Waals surface area contributed by atoms with Gasteiger partial charge >= 0.3 is 0 Å². The number of benzene rings is 2. The molecule has 0 bridgehead atoms. The average molecular weight is 342 g/mol. The second-order valence-corrected chi connectivity index (χ2v) is 8.05. The number of aromatic nitrogens is 1. The predicted molar refractivity (Wildman–Crippen MR) is 92.2 cm³/mol. The average Bonchev–Trinajstić information content (AvgIpc) is 2.98. The third kappa shape index (κ3) is 2.64. The van der Waals surface area contributed by atoms with Crippen molar-refractivity contribution in [2.75, 3.05) is 4.72 Å². The fraction of sp³-hybridized carbons (Fsp3) is 0.118. The molecular weight excluding hydrogens is 328 g/mol. The molecule has 23 heavy (non-hydrogen) atoms. The molecule has 0 radical (unpaired) electrons. The monoisotopic (exact) mass is 342 g/mol. The molecule has 0 amide bonds. The van der Waals surface area contributed by atoms with Crippen molar-refractivity contribution in [1.82, 2.24) is 4.98 Å². The Morgan fingerprint density at radius 1 is 0.957 bits per heavy atom. The smallest absolute Gasteiger partial charge is 0.255 e. The summed E-state index contributed by atoms with van der Waals surface area (Å²) >= 11 is 1.40. The molecule has 4 rings (SSSR count). The van der Waals surface area contributed by atoms with Crippen LogP contribution in [0.4, 0.5) is 5.13 Å². The number of hydrogen-bond acceptors (Lipinski definition) is 4. The highest BCUT2D eigenvalue weighted by molar-refractivity contribution is 7.93. The summed E-state index contributed by atoms with van der Waals surface area (Å²) in [5.41, 5.74) is 3.43. The second-order valence-electron chi connectivity index (χ2n) is 5.37. The highest BCUT2D eigenvalue weighted by atomic mass is 32.2. The zero-order valence-corrected chi connectivity index (χ0v) is 13.8. The first-order chi connectivity index (χ1) is 11.1. The van der Waals surface area contributed by atoms with Crippen LogP contribution in [0.2, 0.25) is 0 Å². The van der Waals surface area contributed by atoms with E-state index in [4.69, 9.17) is 0 Å². The Labute approximate surface area is 138 Å². The molecule has 4 nitrogen and oxygen atoms in total. The lowest BCUT2D eigenvalue weighted by atomic mass is 9.94. The molecule has 116 valence electrons. The maximum atomic E-state index is 12.4. The summed E-state index contributed by atoms with van der Waals surface area (Å²) in [5, 5.41) is 0.426. The van der Waals surface area contributed by atoms with E-state index >= 15 is 0 Å². The van der Waals surface area contributed by atoms with Crippen LogP contribution in [0.1, 0.15) is 11.3 Å². The molecule has 6 heteroatoms. The van der Waals surface area contributed by atoms with Crippen molar-refractivity contribution in [2.45, 2.75) is 17.7 Å². The maximum absolute atomic E-state index is 12.4. The van der Waals surface area contributed by atoms with E-state index in [0.29, 0.717) is 5.13 Å². The van der Waals surface area contributed by atoms with Crippen LogP contribution >= 0.6 is 11.3 Å². The molecule has 1 aliphatic carbocycles. The molecule has 2 aromatic carbocycles. The summed E-state index contributed by atoms with van der Waals surface area (Å²) < 4.78 is 27.4. The lowest BCUT2D eigenvalue weighted by molar-refractivity contribution is 0.601. The lowest BCUT2D eigenvalue weighted by Gasteiger charge is -2.13. The number of fused-ring (bicyclic) bond motifs is 3. The van der Waals surface area contributed by atoms with E-state index in [0.717, 1.165) is 29.0 Å². The number of hydrogen-bond donors (Lipinski definition) is 1. The minimum absolute atomic E-state index is 0.244. The quantitative estimate of drug-likeness (QED) is 0.789. The van der Waals surface area contributed by atoms with E-state index in [1.165, 1.54) is 16.9 Å². The number of thiazole rings is 1. The fourth-order valence-electron chi connectivity index (χ4n) is 2.76. The Hall–Kier alpha value is -2.18. The van der Waals surface area contributed by atoms with Crippen LogP contribution in [0.5, 0.6) is 0 Å². The maximum Gasteiger partial charge on any atom is 0.263 e. The van der Waals surface area contributed by atoms with Crippen LogP contribution in [-0.2, 0) is 22.9 Å². The Balaban J connectivity index is 1.70. The van der Waals surface area contributed by atoms with Crippen LogP contribution in [0.25, 0.3) is 10.4 Å². The van der Waals surface area contributed by atoms with E-state index in [9.17, 15) is 8.42 Å². The van der Waals surface area contributed by atoms with Gasteiger partial charge in [0.1, 0.15) is 0 Å². The van der Waals surface area contributed by atoms with Crippen LogP contribution in [0.3, 0.4) is 0 Å². The van der Waals surface area contributed by atoms with Gasteiger partial charge in [0.05, 0.1) is 15.5 Å². The van der Waals surface area contributed by atoms with Gasteiger partial charge in [-0.15, -0.1) is 0 Å². The molecule has 0 aliphatic heterocycles. The zero-order chi connectivity index (χ0) is 15.9. The second kappa shape index (κ2) is 5.47. The van der Waals surface area contributed by atoms with Crippen molar-refractivity contribution in [3.63, 3.8) is 0 Å². The van der Waals surface area contributed by atoms with Crippen molar-refractivity contribution < 1.29 is 8.42 Å². The molecule has 1 aliphatic rings. The SMILES string of the molecule is O=S(=O)(Nc1nc2c(s1)-c1ccccc1CC2)c1ccccc1.